The second-order valence-corrected chi connectivity index (χ2v) is 8.13. The van der Waals surface area contributed by atoms with Crippen LogP contribution in [0.2, 0.25) is 10.0 Å². The average Bonchev–Trinajstić information content (AvgIpc) is 3.26. The van der Waals surface area contributed by atoms with E-state index in [9.17, 15) is 4.79 Å². The van der Waals surface area contributed by atoms with E-state index in [0.717, 1.165) is 46.7 Å². The molecule has 4 nitrogen and oxygen atoms in total. The van der Waals surface area contributed by atoms with Crippen LogP contribution < -0.4 is 4.74 Å². The van der Waals surface area contributed by atoms with Crippen molar-refractivity contribution in [3.05, 3.63) is 93.5 Å². The number of nitrogens with one attached hydrogen (secondary N) is 1. The van der Waals surface area contributed by atoms with E-state index in [1.807, 2.05) is 36.4 Å². The van der Waals surface area contributed by atoms with Gasteiger partial charge in [0.25, 0.3) is 0 Å². The van der Waals surface area contributed by atoms with E-state index in [1.165, 1.54) is 0 Å². The first-order chi connectivity index (χ1) is 14.6. The molecule has 1 aliphatic rings. The number of ether oxygens (including phenoxy) is 1. The van der Waals surface area contributed by atoms with Crippen LogP contribution in [0.15, 0.2) is 55.4 Å². The highest BCUT2D eigenvalue weighted by molar-refractivity contribution is 6.36. The number of fused-ring (bicyclic) bond motifs is 1. The Morgan fingerprint density at radius 2 is 2.00 bits per heavy atom. The fourth-order valence-corrected chi connectivity index (χ4v) is 4.73. The average molecular weight is 441 g/mol. The third-order valence-electron chi connectivity index (χ3n) is 5.47. The third-order valence-corrected chi connectivity index (χ3v) is 6.13. The second kappa shape index (κ2) is 9.07. The number of allylic oxidation sites excluding steroid dienone is 1. The molecule has 0 aliphatic heterocycles. The van der Waals surface area contributed by atoms with Crippen LogP contribution in [-0.4, -0.2) is 22.4 Å². The van der Waals surface area contributed by atoms with Crippen molar-refractivity contribution >= 4 is 29.0 Å². The minimum atomic E-state index is -0.268. The molecule has 0 spiro atoms. The molecular formula is C24H22Cl2N2O2. The number of H-pyrrole nitrogens is 1. The van der Waals surface area contributed by atoms with Crippen LogP contribution in [0.4, 0.5) is 0 Å². The summed E-state index contributed by atoms with van der Waals surface area (Å²) in [5, 5.41) is 1.13. The summed E-state index contributed by atoms with van der Waals surface area (Å²) in [5.41, 5.74) is 3.68. The summed E-state index contributed by atoms with van der Waals surface area (Å²) in [6.45, 7) is 4.18. The van der Waals surface area contributed by atoms with Crippen molar-refractivity contribution in [2.24, 2.45) is 0 Å². The van der Waals surface area contributed by atoms with Gasteiger partial charge in [0, 0.05) is 45.6 Å². The zero-order valence-electron chi connectivity index (χ0n) is 16.5. The molecule has 1 aliphatic carbocycles. The van der Waals surface area contributed by atoms with Crippen molar-refractivity contribution in [3.63, 3.8) is 0 Å². The van der Waals surface area contributed by atoms with Crippen LogP contribution in [-0.2, 0) is 12.8 Å². The highest BCUT2D eigenvalue weighted by atomic mass is 35.5. The van der Waals surface area contributed by atoms with Gasteiger partial charge in [-0.3, -0.25) is 4.79 Å². The number of hydrogen-bond acceptors (Lipinski definition) is 3. The van der Waals surface area contributed by atoms with Gasteiger partial charge < -0.3 is 9.72 Å². The minimum absolute atomic E-state index is 0.199. The van der Waals surface area contributed by atoms with E-state index in [1.54, 1.807) is 12.4 Å². The number of benzene rings is 2. The first-order valence-corrected chi connectivity index (χ1v) is 10.7. The molecule has 6 heteroatoms. The molecule has 0 saturated heterocycles. The number of aromatic amines is 1. The van der Waals surface area contributed by atoms with E-state index in [2.05, 4.69) is 16.5 Å². The van der Waals surface area contributed by atoms with Crippen LogP contribution in [0.5, 0.6) is 5.75 Å². The molecule has 0 fully saturated rings. The number of Topliss-reactive ketones (excluding diaryl/α,β-unsaturated/α-hetero) is 1. The molecule has 1 N–H and O–H groups in total. The standard InChI is InChI=1S/C24H22Cl2N2O2/c1-2-5-17-15-6-3-9-21(29)16(15)10-11-22(17)30-14-18(24-27-12-13-28-24)23-19(25)7-4-8-20(23)26/h2,4,7-8,10-13,18H,1,3,5-6,9,14H2,(H,27,28). The summed E-state index contributed by atoms with van der Waals surface area (Å²) >= 11 is 13.0. The maximum absolute atomic E-state index is 12.3. The van der Waals surface area contributed by atoms with Gasteiger partial charge in [0.15, 0.2) is 5.78 Å². The summed E-state index contributed by atoms with van der Waals surface area (Å²) in [7, 11) is 0. The van der Waals surface area contributed by atoms with Gasteiger partial charge in [-0.15, -0.1) is 6.58 Å². The quantitative estimate of drug-likeness (QED) is 0.446. The van der Waals surface area contributed by atoms with E-state index >= 15 is 0 Å². The molecule has 0 radical (unpaired) electrons. The van der Waals surface area contributed by atoms with E-state index in [-0.39, 0.29) is 11.7 Å². The molecule has 4 rings (SSSR count). The highest BCUT2D eigenvalue weighted by Crippen LogP contribution is 2.37. The van der Waals surface area contributed by atoms with Crippen molar-refractivity contribution in [1.82, 2.24) is 9.97 Å². The number of nitrogens with zero attached hydrogens (tertiary/aromatic N) is 1. The molecule has 30 heavy (non-hydrogen) atoms. The first-order valence-electron chi connectivity index (χ1n) is 9.95. The van der Waals surface area contributed by atoms with Crippen LogP contribution in [0.3, 0.4) is 0 Å². The van der Waals surface area contributed by atoms with Crippen molar-refractivity contribution in [2.45, 2.75) is 31.6 Å². The Bertz CT molecular complexity index is 1060. The van der Waals surface area contributed by atoms with Crippen molar-refractivity contribution in [2.75, 3.05) is 6.61 Å². The minimum Gasteiger partial charge on any atom is -0.492 e. The molecule has 0 saturated carbocycles. The Morgan fingerprint density at radius 1 is 1.20 bits per heavy atom. The zero-order chi connectivity index (χ0) is 21.1. The molecule has 1 heterocycles. The van der Waals surface area contributed by atoms with E-state index in [4.69, 9.17) is 27.9 Å². The number of imidazole rings is 1. The van der Waals surface area contributed by atoms with Crippen LogP contribution in [0, 0.1) is 0 Å². The molecule has 0 amide bonds. The van der Waals surface area contributed by atoms with Crippen LogP contribution >= 0.6 is 23.2 Å². The van der Waals surface area contributed by atoms with Gasteiger partial charge in [-0.05, 0) is 49.1 Å². The van der Waals surface area contributed by atoms with Crippen molar-refractivity contribution < 1.29 is 9.53 Å². The molecule has 1 aromatic heterocycles. The Labute approximate surface area is 185 Å². The van der Waals surface area contributed by atoms with Gasteiger partial charge >= 0.3 is 0 Å². The lowest BCUT2D eigenvalue weighted by Crippen LogP contribution is -2.17. The number of aromatic nitrogens is 2. The lowest BCUT2D eigenvalue weighted by molar-refractivity contribution is 0.0972. The van der Waals surface area contributed by atoms with Crippen molar-refractivity contribution in [3.8, 4) is 5.75 Å². The van der Waals surface area contributed by atoms with Gasteiger partial charge in [-0.1, -0.05) is 35.3 Å². The topological polar surface area (TPSA) is 55.0 Å². The lowest BCUT2D eigenvalue weighted by Gasteiger charge is -2.23. The van der Waals surface area contributed by atoms with Crippen LogP contribution in [0.1, 0.15) is 51.6 Å². The van der Waals surface area contributed by atoms with Gasteiger partial charge in [-0.25, -0.2) is 4.98 Å². The maximum Gasteiger partial charge on any atom is 0.163 e. The number of rotatable bonds is 7. The highest BCUT2D eigenvalue weighted by Gasteiger charge is 2.25. The summed E-state index contributed by atoms with van der Waals surface area (Å²) in [4.78, 5) is 19.9. The van der Waals surface area contributed by atoms with Gasteiger partial charge in [0.05, 0.1) is 5.92 Å². The number of ketones is 1. The van der Waals surface area contributed by atoms with Crippen molar-refractivity contribution in [1.29, 1.82) is 0 Å². The summed E-state index contributed by atoms with van der Waals surface area (Å²) in [5.74, 6) is 1.41. The SMILES string of the molecule is C=CCc1c(OCC(c2ncc[nH]2)c2c(Cl)cccc2Cl)ccc2c1CCCC2=O. The predicted molar refractivity (Wildman–Crippen MR) is 120 cm³/mol. The number of hydrogen-bond donors (Lipinski definition) is 1. The summed E-state index contributed by atoms with van der Waals surface area (Å²) in [6.07, 6.45) is 8.29. The predicted octanol–water partition coefficient (Wildman–Crippen LogP) is 6.17. The molecule has 154 valence electrons. The fourth-order valence-electron chi connectivity index (χ4n) is 4.07. The Hall–Kier alpha value is -2.56. The fraction of sp³-hybridized carbons (Fsp3) is 0.250. The van der Waals surface area contributed by atoms with Gasteiger partial charge in [-0.2, -0.15) is 0 Å². The molecule has 1 atom stereocenters. The van der Waals surface area contributed by atoms with Gasteiger partial charge in [0.1, 0.15) is 18.2 Å². The normalized spacial score (nSPS) is 14.3. The smallest absolute Gasteiger partial charge is 0.163 e. The summed E-state index contributed by atoms with van der Waals surface area (Å²) < 4.78 is 6.31. The maximum atomic E-state index is 12.3. The Morgan fingerprint density at radius 3 is 2.70 bits per heavy atom. The third kappa shape index (κ3) is 4.03. The molecule has 0 bridgehead atoms. The largest absolute Gasteiger partial charge is 0.492 e. The number of halogens is 2. The molecular weight excluding hydrogens is 419 g/mol. The molecule has 2 aromatic carbocycles. The first kappa shape index (κ1) is 20.7. The van der Waals surface area contributed by atoms with E-state index < -0.39 is 0 Å². The molecule has 3 aromatic rings. The van der Waals surface area contributed by atoms with E-state index in [0.29, 0.717) is 29.5 Å². The summed E-state index contributed by atoms with van der Waals surface area (Å²) in [6, 6.07) is 9.20. The van der Waals surface area contributed by atoms with Gasteiger partial charge in [0.2, 0.25) is 0 Å². The Kier molecular flexibility index (Phi) is 6.26. The van der Waals surface area contributed by atoms with Crippen LogP contribution in [0.25, 0.3) is 0 Å². The lowest BCUT2D eigenvalue weighted by atomic mass is 9.86. The zero-order valence-corrected chi connectivity index (χ0v) is 18.0. The Balaban J connectivity index is 1.69. The molecule has 1 unspecified atom stereocenters. The number of carbonyl (C=O) groups excluding carboxylic acids is 1. The number of carbonyl (C=O) groups is 1. The second-order valence-electron chi connectivity index (χ2n) is 7.31. The monoisotopic (exact) mass is 440 g/mol.